The lowest BCUT2D eigenvalue weighted by Gasteiger charge is -2.19. The maximum atomic E-state index is 11.7. The second kappa shape index (κ2) is 3.93. The van der Waals surface area contributed by atoms with Gasteiger partial charge in [-0.25, -0.2) is 0 Å². The molecule has 0 aromatic heterocycles. The molecule has 1 fully saturated rings. The van der Waals surface area contributed by atoms with E-state index >= 15 is 0 Å². The Morgan fingerprint density at radius 3 is 2.25 bits per heavy atom. The zero-order chi connectivity index (χ0) is 11.8. The van der Waals surface area contributed by atoms with Gasteiger partial charge < -0.3 is 5.32 Å². The van der Waals surface area contributed by atoms with Crippen LogP contribution in [0.25, 0.3) is 0 Å². The molecule has 0 unspecified atom stereocenters. The second-order valence-corrected chi connectivity index (χ2v) is 5.09. The number of benzene rings is 1. The number of carbonyl (C=O) groups excluding carboxylic acids is 1. The summed E-state index contributed by atoms with van der Waals surface area (Å²) < 4.78 is 0. The molecule has 1 aromatic rings. The van der Waals surface area contributed by atoms with Crippen molar-refractivity contribution in [1.82, 2.24) is 5.32 Å². The average molecular weight is 217 g/mol. The lowest BCUT2D eigenvalue weighted by molar-refractivity contribution is -0.125. The smallest absolute Gasteiger partial charge is 0.223 e. The van der Waals surface area contributed by atoms with Gasteiger partial charge in [0.25, 0.3) is 0 Å². The Bertz CT molecular complexity index is 388. The summed E-state index contributed by atoms with van der Waals surface area (Å²) >= 11 is 0. The van der Waals surface area contributed by atoms with Crippen molar-refractivity contribution >= 4 is 5.91 Å². The molecule has 2 rings (SSSR count). The van der Waals surface area contributed by atoms with Crippen molar-refractivity contribution in [1.29, 1.82) is 0 Å². The summed E-state index contributed by atoms with van der Waals surface area (Å²) in [6.45, 7) is 5.94. The van der Waals surface area contributed by atoms with Gasteiger partial charge in [0, 0.05) is 5.92 Å². The fourth-order valence-electron chi connectivity index (χ4n) is 1.86. The molecule has 0 bridgehead atoms. The molecule has 2 heteroatoms. The van der Waals surface area contributed by atoms with E-state index in [0.717, 1.165) is 12.8 Å². The maximum Gasteiger partial charge on any atom is 0.223 e. The van der Waals surface area contributed by atoms with E-state index < -0.39 is 0 Å². The van der Waals surface area contributed by atoms with Crippen molar-refractivity contribution in [3.8, 4) is 0 Å². The van der Waals surface area contributed by atoms with Crippen molar-refractivity contribution < 1.29 is 4.79 Å². The molecule has 0 heterocycles. The molecule has 86 valence electrons. The first kappa shape index (κ1) is 11.2. The number of hydrogen-bond acceptors (Lipinski definition) is 1. The van der Waals surface area contributed by atoms with Crippen LogP contribution in [0.4, 0.5) is 0 Å². The van der Waals surface area contributed by atoms with Gasteiger partial charge in [0.15, 0.2) is 0 Å². The molecular formula is C14H19NO. The minimum Gasteiger partial charge on any atom is -0.346 e. The van der Waals surface area contributed by atoms with Crippen LogP contribution < -0.4 is 5.32 Å². The lowest BCUT2D eigenvalue weighted by Crippen LogP contribution is -2.37. The Hall–Kier alpha value is -1.31. The standard InChI is InChI=1S/C14H19NO/c1-10(2)13(16)15-14(8-9-14)12-6-4-11(3)5-7-12/h4-7,10H,8-9H2,1-3H3,(H,15,16). The van der Waals surface area contributed by atoms with E-state index in [1.807, 2.05) is 13.8 Å². The normalized spacial score (nSPS) is 17.2. The van der Waals surface area contributed by atoms with Gasteiger partial charge in [-0.2, -0.15) is 0 Å². The third-order valence-corrected chi connectivity index (χ3v) is 3.24. The first-order valence-electron chi connectivity index (χ1n) is 5.93. The Balaban J connectivity index is 2.14. The van der Waals surface area contributed by atoms with Crippen molar-refractivity contribution in [2.75, 3.05) is 0 Å². The van der Waals surface area contributed by atoms with Crippen LogP contribution in [-0.4, -0.2) is 5.91 Å². The van der Waals surface area contributed by atoms with E-state index in [4.69, 9.17) is 0 Å². The van der Waals surface area contributed by atoms with E-state index in [0.29, 0.717) is 0 Å². The summed E-state index contributed by atoms with van der Waals surface area (Å²) in [7, 11) is 0. The van der Waals surface area contributed by atoms with Gasteiger partial charge in [-0.05, 0) is 25.3 Å². The van der Waals surface area contributed by atoms with E-state index in [2.05, 4.69) is 36.5 Å². The van der Waals surface area contributed by atoms with Gasteiger partial charge in [0.1, 0.15) is 0 Å². The van der Waals surface area contributed by atoms with Gasteiger partial charge >= 0.3 is 0 Å². The Morgan fingerprint density at radius 2 is 1.81 bits per heavy atom. The zero-order valence-corrected chi connectivity index (χ0v) is 10.2. The third-order valence-electron chi connectivity index (χ3n) is 3.24. The predicted molar refractivity (Wildman–Crippen MR) is 65.1 cm³/mol. The Kier molecular flexibility index (Phi) is 2.75. The summed E-state index contributed by atoms with van der Waals surface area (Å²) in [5.74, 6) is 0.209. The van der Waals surface area contributed by atoms with E-state index in [1.54, 1.807) is 0 Å². The van der Waals surface area contributed by atoms with Crippen LogP contribution in [0.3, 0.4) is 0 Å². The summed E-state index contributed by atoms with van der Waals surface area (Å²) in [6, 6.07) is 8.47. The number of rotatable bonds is 3. The molecule has 1 aliphatic rings. The van der Waals surface area contributed by atoms with E-state index in [9.17, 15) is 4.79 Å². The third kappa shape index (κ3) is 2.11. The Morgan fingerprint density at radius 1 is 1.25 bits per heavy atom. The number of nitrogens with one attached hydrogen (secondary N) is 1. The van der Waals surface area contributed by atoms with Gasteiger partial charge in [0.05, 0.1) is 5.54 Å². The van der Waals surface area contributed by atoms with Crippen LogP contribution in [0.1, 0.15) is 37.8 Å². The topological polar surface area (TPSA) is 29.1 Å². The molecular weight excluding hydrogens is 198 g/mol. The van der Waals surface area contributed by atoms with Crippen molar-refractivity contribution in [2.45, 2.75) is 39.2 Å². The van der Waals surface area contributed by atoms with Gasteiger partial charge in [-0.3, -0.25) is 4.79 Å². The molecule has 2 nitrogen and oxygen atoms in total. The molecule has 16 heavy (non-hydrogen) atoms. The Labute approximate surface area is 97.1 Å². The van der Waals surface area contributed by atoms with Crippen molar-refractivity contribution in [2.24, 2.45) is 5.92 Å². The summed E-state index contributed by atoms with van der Waals surface area (Å²) in [6.07, 6.45) is 2.13. The minimum absolute atomic E-state index is 0.0583. The monoisotopic (exact) mass is 217 g/mol. The SMILES string of the molecule is Cc1ccc(C2(NC(=O)C(C)C)CC2)cc1. The molecule has 0 saturated heterocycles. The second-order valence-electron chi connectivity index (χ2n) is 5.09. The summed E-state index contributed by atoms with van der Waals surface area (Å²) in [5, 5.41) is 3.16. The molecule has 0 atom stereocenters. The van der Waals surface area contributed by atoms with Gasteiger partial charge in [-0.15, -0.1) is 0 Å². The fraction of sp³-hybridized carbons (Fsp3) is 0.500. The van der Waals surface area contributed by atoms with Crippen LogP contribution in [0.15, 0.2) is 24.3 Å². The number of hydrogen-bond donors (Lipinski definition) is 1. The first-order chi connectivity index (χ1) is 7.53. The molecule has 1 amide bonds. The minimum atomic E-state index is -0.0605. The maximum absolute atomic E-state index is 11.7. The molecule has 0 radical (unpaired) electrons. The highest BCUT2D eigenvalue weighted by molar-refractivity contribution is 5.79. The van der Waals surface area contributed by atoms with Gasteiger partial charge in [0.2, 0.25) is 5.91 Å². The molecule has 1 aromatic carbocycles. The molecule has 1 saturated carbocycles. The van der Waals surface area contributed by atoms with Crippen molar-refractivity contribution in [3.05, 3.63) is 35.4 Å². The number of amides is 1. The van der Waals surface area contributed by atoms with Crippen LogP contribution in [0.2, 0.25) is 0 Å². The van der Waals surface area contributed by atoms with E-state index in [1.165, 1.54) is 11.1 Å². The van der Waals surface area contributed by atoms with Crippen molar-refractivity contribution in [3.63, 3.8) is 0 Å². The first-order valence-corrected chi connectivity index (χ1v) is 5.93. The summed E-state index contributed by atoms with van der Waals surface area (Å²) in [5.41, 5.74) is 2.44. The molecule has 0 spiro atoms. The number of aryl methyl sites for hydroxylation is 1. The molecule has 0 aliphatic heterocycles. The largest absolute Gasteiger partial charge is 0.346 e. The zero-order valence-electron chi connectivity index (χ0n) is 10.2. The highest BCUT2D eigenvalue weighted by atomic mass is 16.2. The fourth-order valence-corrected chi connectivity index (χ4v) is 1.86. The van der Waals surface area contributed by atoms with E-state index in [-0.39, 0.29) is 17.4 Å². The highest BCUT2D eigenvalue weighted by Gasteiger charge is 2.45. The van der Waals surface area contributed by atoms with Crippen LogP contribution in [-0.2, 0) is 10.3 Å². The summed E-state index contributed by atoms with van der Waals surface area (Å²) in [4.78, 5) is 11.7. The van der Waals surface area contributed by atoms with Gasteiger partial charge in [-0.1, -0.05) is 43.7 Å². The van der Waals surface area contributed by atoms with Crippen LogP contribution >= 0.6 is 0 Å². The van der Waals surface area contributed by atoms with Crippen LogP contribution in [0.5, 0.6) is 0 Å². The lowest BCUT2D eigenvalue weighted by atomic mass is 10.0. The molecule has 1 N–H and O–H groups in total. The molecule has 1 aliphatic carbocycles. The highest BCUT2D eigenvalue weighted by Crippen LogP contribution is 2.45. The number of carbonyl (C=O) groups is 1. The van der Waals surface area contributed by atoms with Crippen LogP contribution in [0, 0.1) is 12.8 Å². The predicted octanol–water partition coefficient (Wildman–Crippen LogP) is 2.76. The quantitative estimate of drug-likeness (QED) is 0.828. The average Bonchev–Trinajstić information content (AvgIpc) is 2.99.